The molecule has 0 atom stereocenters. The number of hydrogen-bond donors (Lipinski definition) is 1. The molecular formula is C19H25N3O4. The van der Waals surface area contributed by atoms with Gasteiger partial charge in [-0.3, -0.25) is 9.59 Å². The predicted octanol–water partition coefficient (Wildman–Crippen LogP) is 3.18. The summed E-state index contributed by atoms with van der Waals surface area (Å²) in [6.07, 6.45) is 0. The fourth-order valence-corrected chi connectivity index (χ4v) is 2.46. The Balaban J connectivity index is 2.12. The molecule has 0 saturated carbocycles. The van der Waals surface area contributed by atoms with Crippen LogP contribution in [0.1, 0.15) is 43.7 Å². The average molecular weight is 359 g/mol. The molecule has 0 spiro atoms. The summed E-state index contributed by atoms with van der Waals surface area (Å²) >= 11 is 0. The van der Waals surface area contributed by atoms with Gasteiger partial charge in [-0.25, -0.2) is 4.68 Å². The molecular weight excluding hydrogens is 334 g/mol. The van der Waals surface area contributed by atoms with Crippen LogP contribution in [0.15, 0.2) is 24.3 Å². The van der Waals surface area contributed by atoms with E-state index in [9.17, 15) is 9.59 Å². The lowest BCUT2D eigenvalue weighted by Crippen LogP contribution is -2.28. The summed E-state index contributed by atoms with van der Waals surface area (Å²) in [4.78, 5) is 24.0. The molecule has 1 N–H and O–H groups in total. The number of ketones is 1. The van der Waals surface area contributed by atoms with Crippen molar-refractivity contribution in [2.75, 3.05) is 19.0 Å². The number of nitrogens with zero attached hydrogens (tertiary/aromatic N) is 2. The van der Waals surface area contributed by atoms with E-state index in [1.165, 1.54) is 14.0 Å². The summed E-state index contributed by atoms with van der Waals surface area (Å²) < 4.78 is 12.5. The van der Waals surface area contributed by atoms with Gasteiger partial charge in [-0.2, -0.15) is 5.10 Å². The Kier molecular flexibility index (Phi) is 5.69. The summed E-state index contributed by atoms with van der Waals surface area (Å²) in [7, 11) is 1.52. The molecule has 0 aliphatic heterocycles. The van der Waals surface area contributed by atoms with Gasteiger partial charge in [0.15, 0.2) is 12.4 Å². The van der Waals surface area contributed by atoms with Gasteiger partial charge >= 0.3 is 0 Å². The van der Waals surface area contributed by atoms with Gasteiger partial charge < -0.3 is 14.8 Å². The molecule has 1 amide bonds. The van der Waals surface area contributed by atoms with Crippen molar-refractivity contribution >= 4 is 17.5 Å². The van der Waals surface area contributed by atoms with E-state index in [0.717, 1.165) is 5.69 Å². The summed E-state index contributed by atoms with van der Waals surface area (Å²) in [6, 6.07) is 6.68. The molecule has 7 nitrogen and oxygen atoms in total. The van der Waals surface area contributed by atoms with Crippen molar-refractivity contribution in [2.45, 2.75) is 40.2 Å². The SMILES string of the molecule is COc1ccc(C(C)=O)c(OCC(=O)Nc2cc(C)nn2C(C)(C)C)c1. The zero-order chi connectivity index (χ0) is 19.5. The van der Waals surface area contributed by atoms with E-state index in [2.05, 4.69) is 10.4 Å². The smallest absolute Gasteiger partial charge is 0.263 e. The molecule has 0 aliphatic rings. The molecule has 2 aromatic rings. The van der Waals surface area contributed by atoms with E-state index in [1.807, 2.05) is 27.7 Å². The minimum absolute atomic E-state index is 0.149. The van der Waals surface area contributed by atoms with Crippen LogP contribution in [0.2, 0.25) is 0 Å². The number of aromatic nitrogens is 2. The highest BCUT2D eigenvalue weighted by Gasteiger charge is 2.20. The maximum atomic E-state index is 12.3. The first kappa shape index (κ1) is 19.5. The number of hydrogen-bond acceptors (Lipinski definition) is 5. The van der Waals surface area contributed by atoms with Crippen LogP contribution in [0.3, 0.4) is 0 Å². The summed E-state index contributed by atoms with van der Waals surface area (Å²) in [6.45, 7) is 9.08. The average Bonchev–Trinajstić information content (AvgIpc) is 2.93. The van der Waals surface area contributed by atoms with E-state index in [-0.39, 0.29) is 23.8 Å². The number of amides is 1. The highest BCUT2D eigenvalue weighted by Crippen LogP contribution is 2.25. The summed E-state index contributed by atoms with van der Waals surface area (Å²) in [5.74, 6) is 0.970. The van der Waals surface area contributed by atoms with Gasteiger partial charge in [0.1, 0.15) is 17.3 Å². The van der Waals surface area contributed by atoms with E-state index in [0.29, 0.717) is 22.9 Å². The Labute approximate surface area is 153 Å². The van der Waals surface area contributed by atoms with Crippen molar-refractivity contribution in [3.05, 3.63) is 35.5 Å². The third kappa shape index (κ3) is 4.62. The van der Waals surface area contributed by atoms with Crippen LogP contribution in [0, 0.1) is 6.92 Å². The van der Waals surface area contributed by atoms with Crippen molar-refractivity contribution in [1.82, 2.24) is 9.78 Å². The first-order valence-electron chi connectivity index (χ1n) is 8.30. The second-order valence-electron chi connectivity index (χ2n) is 7.01. The Morgan fingerprint density at radius 2 is 1.92 bits per heavy atom. The predicted molar refractivity (Wildman–Crippen MR) is 99.1 cm³/mol. The number of aryl methyl sites for hydroxylation is 1. The number of methoxy groups -OCH3 is 1. The lowest BCUT2D eigenvalue weighted by Gasteiger charge is -2.22. The Bertz CT molecular complexity index is 819. The normalized spacial score (nSPS) is 11.2. The zero-order valence-corrected chi connectivity index (χ0v) is 16.0. The minimum Gasteiger partial charge on any atom is -0.497 e. The van der Waals surface area contributed by atoms with Gasteiger partial charge in [0.2, 0.25) is 0 Å². The number of rotatable bonds is 6. The molecule has 2 rings (SSSR count). The maximum Gasteiger partial charge on any atom is 0.263 e. The van der Waals surface area contributed by atoms with E-state index < -0.39 is 0 Å². The molecule has 26 heavy (non-hydrogen) atoms. The third-order valence-corrected chi connectivity index (χ3v) is 3.66. The molecule has 0 aliphatic carbocycles. The molecule has 0 fully saturated rings. The number of carbonyl (C=O) groups is 2. The molecule has 140 valence electrons. The second-order valence-corrected chi connectivity index (χ2v) is 7.01. The van der Waals surface area contributed by atoms with E-state index >= 15 is 0 Å². The van der Waals surface area contributed by atoms with Gasteiger partial charge in [-0.05, 0) is 46.8 Å². The molecule has 0 saturated heterocycles. The van der Waals surface area contributed by atoms with Crippen LogP contribution in [-0.4, -0.2) is 35.2 Å². The fraction of sp³-hybridized carbons (Fsp3) is 0.421. The van der Waals surface area contributed by atoms with Crippen molar-refractivity contribution < 1.29 is 19.1 Å². The molecule has 7 heteroatoms. The van der Waals surface area contributed by atoms with Gasteiger partial charge in [0.25, 0.3) is 5.91 Å². The fourth-order valence-electron chi connectivity index (χ4n) is 2.46. The van der Waals surface area contributed by atoms with E-state index in [4.69, 9.17) is 9.47 Å². The number of nitrogens with one attached hydrogen (secondary N) is 1. The topological polar surface area (TPSA) is 82.4 Å². The summed E-state index contributed by atoms with van der Waals surface area (Å²) in [5, 5.41) is 7.22. The number of anilines is 1. The van der Waals surface area contributed by atoms with Crippen LogP contribution in [0.25, 0.3) is 0 Å². The quantitative estimate of drug-likeness (QED) is 0.801. The highest BCUT2D eigenvalue weighted by molar-refractivity contribution is 5.97. The molecule has 1 aromatic heterocycles. The second kappa shape index (κ2) is 7.59. The van der Waals surface area contributed by atoms with Crippen LogP contribution in [-0.2, 0) is 10.3 Å². The Morgan fingerprint density at radius 3 is 2.50 bits per heavy atom. The summed E-state index contributed by atoms with van der Waals surface area (Å²) in [5.41, 5.74) is 0.934. The van der Waals surface area contributed by atoms with Crippen molar-refractivity contribution in [3.8, 4) is 11.5 Å². The molecule has 1 heterocycles. The third-order valence-electron chi connectivity index (χ3n) is 3.66. The molecule has 0 radical (unpaired) electrons. The number of carbonyl (C=O) groups excluding carboxylic acids is 2. The van der Waals surface area contributed by atoms with Crippen molar-refractivity contribution in [3.63, 3.8) is 0 Å². The highest BCUT2D eigenvalue weighted by atomic mass is 16.5. The van der Waals surface area contributed by atoms with Crippen molar-refractivity contribution in [2.24, 2.45) is 0 Å². The lowest BCUT2D eigenvalue weighted by atomic mass is 10.1. The first-order valence-corrected chi connectivity index (χ1v) is 8.30. The van der Waals surface area contributed by atoms with Gasteiger partial charge in [0.05, 0.1) is 23.9 Å². The van der Waals surface area contributed by atoms with Crippen molar-refractivity contribution in [1.29, 1.82) is 0 Å². The van der Waals surface area contributed by atoms with Crippen LogP contribution < -0.4 is 14.8 Å². The monoisotopic (exact) mass is 359 g/mol. The van der Waals surface area contributed by atoms with Gasteiger partial charge in [0, 0.05) is 12.1 Å². The van der Waals surface area contributed by atoms with Gasteiger partial charge in [-0.1, -0.05) is 0 Å². The van der Waals surface area contributed by atoms with Crippen LogP contribution in [0.5, 0.6) is 11.5 Å². The van der Waals surface area contributed by atoms with E-state index in [1.54, 1.807) is 28.9 Å². The Hall–Kier alpha value is -2.83. The molecule has 0 bridgehead atoms. The standard InChI is InChI=1S/C19H25N3O4/c1-12-9-17(22(21-12)19(3,4)5)20-18(24)11-26-16-10-14(25-6)7-8-15(16)13(2)23/h7-10H,11H2,1-6H3,(H,20,24). The largest absolute Gasteiger partial charge is 0.497 e. The minimum atomic E-state index is -0.340. The van der Waals surface area contributed by atoms with Gasteiger partial charge in [-0.15, -0.1) is 0 Å². The number of ether oxygens (including phenoxy) is 2. The molecule has 1 aromatic carbocycles. The molecule has 0 unspecified atom stereocenters. The number of benzene rings is 1. The lowest BCUT2D eigenvalue weighted by molar-refractivity contribution is -0.118. The maximum absolute atomic E-state index is 12.3. The van der Waals surface area contributed by atoms with Crippen LogP contribution >= 0.6 is 0 Å². The first-order chi connectivity index (χ1) is 12.1. The van der Waals surface area contributed by atoms with Crippen LogP contribution in [0.4, 0.5) is 5.82 Å². The zero-order valence-electron chi connectivity index (χ0n) is 16.0. The number of Topliss-reactive ketones (excluding diaryl/α,β-unsaturated/α-hetero) is 1. The Morgan fingerprint density at radius 1 is 1.23 bits per heavy atom.